The van der Waals surface area contributed by atoms with Gasteiger partial charge in [0, 0.05) is 12.0 Å². The van der Waals surface area contributed by atoms with Crippen LogP contribution in [0.2, 0.25) is 0 Å². The van der Waals surface area contributed by atoms with Gasteiger partial charge in [-0.1, -0.05) is 121 Å². The van der Waals surface area contributed by atoms with Crippen molar-refractivity contribution in [3.05, 3.63) is 144 Å². The Morgan fingerprint density at radius 2 is 0.906 bits per heavy atom. The molecule has 0 bridgehead atoms. The van der Waals surface area contributed by atoms with Crippen molar-refractivity contribution in [2.45, 2.75) is 24.8 Å². The van der Waals surface area contributed by atoms with Crippen LogP contribution in [0.15, 0.2) is 121 Å². The van der Waals surface area contributed by atoms with Gasteiger partial charge in [0.15, 0.2) is 0 Å². The summed E-state index contributed by atoms with van der Waals surface area (Å²) in [7, 11) is 0. The summed E-state index contributed by atoms with van der Waals surface area (Å²) in [4.78, 5) is 2.62. The van der Waals surface area contributed by atoms with Crippen molar-refractivity contribution in [3.8, 4) is 0 Å². The van der Waals surface area contributed by atoms with Gasteiger partial charge in [-0.15, -0.1) is 0 Å². The lowest BCUT2D eigenvalue weighted by Gasteiger charge is -2.46. The highest BCUT2D eigenvalue weighted by molar-refractivity contribution is 5.51. The predicted molar refractivity (Wildman–Crippen MR) is 134 cm³/mol. The Labute approximate surface area is 192 Å². The number of hydrogen-bond donors (Lipinski definition) is 0. The fourth-order valence-corrected chi connectivity index (χ4v) is 5.68. The Bertz CT molecular complexity index is 986. The van der Waals surface area contributed by atoms with Crippen LogP contribution in [0.3, 0.4) is 0 Å². The molecule has 4 aromatic carbocycles. The maximum absolute atomic E-state index is 2.62. The highest BCUT2D eigenvalue weighted by Crippen LogP contribution is 2.49. The summed E-state index contributed by atoms with van der Waals surface area (Å²) in [6, 6.07) is 44.4. The van der Waals surface area contributed by atoms with E-state index in [1.54, 1.807) is 0 Å². The molecular weight excluding hydrogens is 386 g/mol. The Hall–Kier alpha value is -3.16. The van der Waals surface area contributed by atoms with E-state index < -0.39 is 0 Å². The summed E-state index contributed by atoms with van der Waals surface area (Å²) in [6.07, 6.45) is 2.37. The predicted octanol–water partition coefficient (Wildman–Crippen LogP) is 6.93. The van der Waals surface area contributed by atoms with Crippen molar-refractivity contribution in [2.75, 3.05) is 13.1 Å². The van der Waals surface area contributed by atoms with E-state index in [0.29, 0.717) is 5.92 Å². The van der Waals surface area contributed by atoms with Crippen molar-refractivity contribution >= 4 is 0 Å². The minimum Gasteiger partial charge on any atom is -0.299 e. The highest BCUT2D eigenvalue weighted by atomic mass is 15.1. The molecule has 1 fully saturated rings. The fraction of sp³-hybridized carbons (Fsp3) is 0.226. The molecule has 1 heteroatoms. The maximum Gasteiger partial charge on any atom is 0.0480 e. The van der Waals surface area contributed by atoms with E-state index in [9.17, 15) is 0 Å². The third-order valence-electron chi connectivity index (χ3n) is 7.14. The van der Waals surface area contributed by atoms with Crippen LogP contribution in [0.1, 0.15) is 35.1 Å². The normalized spacial score (nSPS) is 15.5. The molecule has 1 nitrogen and oxygen atoms in total. The van der Waals surface area contributed by atoms with Crippen LogP contribution in [-0.2, 0) is 12.0 Å². The van der Waals surface area contributed by atoms with E-state index in [4.69, 9.17) is 0 Å². The van der Waals surface area contributed by atoms with Crippen LogP contribution < -0.4 is 0 Å². The van der Waals surface area contributed by atoms with Crippen molar-refractivity contribution < 1.29 is 0 Å². The van der Waals surface area contributed by atoms with Gasteiger partial charge in [-0.05, 0) is 54.1 Å². The third kappa shape index (κ3) is 4.01. The van der Waals surface area contributed by atoms with Gasteiger partial charge in [0.25, 0.3) is 0 Å². The van der Waals surface area contributed by atoms with E-state index >= 15 is 0 Å². The van der Waals surface area contributed by atoms with Crippen molar-refractivity contribution in [1.82, 2.24) is 4.90 Å². The number of likely N-dealkylation sites (tertiary alicyclic amines) is 1. The lowest BCUT2D eigenvalue weighted by atomic mass is 9.59. The molecule has 1 heterocycles. The summed E-state index contributed by atoms with van der Waals surface area (Å²) in [5.41, 5.74) is 5.48. The number of rotatable bonds is 6. The summed E-state index contributed by atoms with van der Waals surface area (Å²) >= 11 is 0. The Morgan fingerprint density at radius 3 is 1.31 bits per heavy atom. The van der Waals surface area contributed by atoms with Gasteiger partial charge in [-0.2, -0.15) is 0 Å². The van der Waals surface area contributed by atoms with Gasteiger partial charge >= 0.3 is 0 Å². The van der Waals surface area contributed by atoms with Gasteiger partial charge in [-0.3, -0.25) is 4.90 Å². The average molecular weight is 418 g/mol. The largest absolute Gasteiger partial charge is 0.299 e. The number of piperidine rings is 1. The highest BCUT2D eigenvalue weighted by Gasteiger charge is 2.44. The van der Waals surface area contributed by atoms with Gasteiger partial charge in [0.1, 0.15) is 0 Å². The zero-order valence-electron chi connectivity index (χ0n) is 18.6. The van der Waals surface area contributed by atoms with Crippen molar-refractivity contribution in [2.24, 2.45) is 5.92 Å². The molecule has 1 aliphatic heterocycles. The van der Waals surface area contributed by atoms with E-state index in [2.05, 4.69) is 126 Å². The quantitative estimate of drug-likeness (QED) is 0.307. The second-order valence-corrected chi connectivity index (χ2v) is 8.94. The maximum atomic E-state index is 2.62. The minimum atomic E-state index is -0.136. The molecule has 0 atom stereocenters. The zero-order chi connectivity index (χ0) is 21.6. The number of hydrogen-bond acceptors (Lipinski definition) is 1. The van der Waals surface area contributed by atoms with E-state index in [1.807, 2.05) is 0 Å². The number of nitrogens with zero attached hydrogens (tertiary/aromatic N) is 1. The minimum absolute atomic E-state index is 0.136. The molecule has 0 amide bonds. The first-order valence-electron chi connectivity index (χ1n) is 11.8. The molecule has 1 aliphatic rings. The Morgan fingerprint density at radius 1 is 0.531 bits per heavy atom. The Balaban J connectivity index is 1.54. The standard InChI is InChI=1S/C31H31N/c1-5-13-26(14-6-1)25-32-23-21-30(22-24-32)31(27-15-7-2-8-16-27,28-17-9-3-10-18-28)29-19-11-4-12-20-29/h1-20,30H,21-25H2. The van der Waals surface area contributed by atoms with Crippen molar-refractivity contribution in [3.63, 3.8) is 0 Å². The van der Waals surface area contributed by atoms with Crippen molar-refractivity contribution in [1.29, 1.82) is 0 Å². The van der Waals surface area contributed by atoms with Gasteiger partial charge in [0.2, 0.25) is 0 Å². The third-order valence-corrected chi connectivity index (χ3v) is 7.14. The van der Waals surface area contributed by atoms with E-state index in [0.717, 1.165) is 19.6 Å². The fourth-order valence-electron chi connectivity index (χ4n) is 5.68. The molecule has 160 valence electrons. The molecule has 0 saturated carbocycles. The SMILES string of the molecule is c1ccc(CN2CCC(C(c3ccccc3)(c3ccccc3)c3ccccc3)CC2)cc1. The molecule has 4 aromatic rings. The molecule has 0 spiro atoms. The van der Waals surface area contributed by atoms with Crippen LogP contribution >= 0.6 is 0 Å². The molecule has 0 aromatic heterocycles. The monoisotopic (exact) mass is 417 g/mol. The molecule has 5 rings (SSSR count). The molecule has 0 aliphatic carbocycles. The summed E-state index contributed by atoms with van der Waals surface area (Å²) in [5.74, 6) is 0.543. The van der Waals surface area contributed by atoms with Gasteiger partial charge < -0.3 is 0 Å². The number of benzene rings is 4. The second-order valence-electron chi connectivity index (χ2n) is 8.94. The summed E-state index contributed by atoms with van der Waals surface area (Å²) < 4.78 is 0. The lowest BCUT2D eigenvalue weighted by Crippen LogP contribution is -2.44. The molecule has 1 saturated heterocycles. The first-order chi connectivity index (χ1) is 15.9. The Kier molecular flexibility index (Phi) is 6.18. The van der Waals surface area contributed by atoms with Gasteiger partial charge in [0.05, 0.1) is 0 Å². The first kappa shape index (κ1) is 20.7. The van der Waals surface area contributed by atoms with Crippen LogP contribution in [0.4, 0.5) is 0 Å². The average Bonchev–Trinajstić information content (AvgIpc) is 2.88. The van der Waals surface area contributed by atoms with Gasteiger partial charge in [-0.25, -0.2) is 0 Å². The molecule has 0 N–H and O–H groups in total. The lowest BCUT2D eigenvalue weighted by molar-refractivity contribution is 0.149. The molecule has 0 unspecified atom stereocenters. The van der Waals surface area contributed by atoms with Crippen LogP contribution in [-0.4, -0.2) is 18.0 Å². The van der Waals surface area contributed by atoms with E-state index in [1.165, 1.54) is 35.1 Å². The second kappa shape index (κ2) is 9.54. The smallest absolute Gasteiger partial charge is 0.0480 e. The molecule has 0 radical (unpaired) electrons. The summed E-state index contributed by atoms with van der Waals surface area (Å²) in [6.45, 7) is 3.31. The van der Waals surface area contributed by atoms with E-state index in [-0.39, 0.29) is 5.41 Å². The zero-order valence-corrected chi connectivity index (χ0v) is 18.6. The molecular formula is C31H31N. The van der Waals surface area contributed by atoms with Crippen LogP contribution in [0.5, 0.6) is 0 Å². The first-order valence-corrected chi connectivity index (χ1v) is 11.8. The summed E-state index contributed by atoms with van der Waals surface area (Å²) in [5, 5.41) is 0. The molecule has 32 heavy (non-hydrogen) atoms. The van der Waals surface area contributed by atoms with Crippen LogP contribution in [0.25, 0.3) is 0 Å². The van der Waals surface area contributed by atoms with Crippen LogP contribution in [0, 0.1) is 5.92 Å². The topological polar surface area (TPSA) is 3.24 Å².